The van der Waals surface area contributed by atoms with Crippen molar-refractivity contribution in [3.63, 3.8) is 0 Å². The molecule has 1 saturated heterocycles. The van der Waals surface area contributed by atoms with Crippen LogP contribution in [0, 0.1) is 0 Å². The Morgan fingerprint density at radius 3 is 2.88 bits per heavy atom. The molecule has 4 nitrogen and oxygen atoms in total. The molecule has 6 heteroatoms. The van der Waals surface area contributed by atoms with E-state index in [1.807, 2.05) is 46.7 Å². The van der Waals surface area contributed by atoms with E-state index in [0.29, 0.717) is 16.5 Å². The number of hydrogen-bond acceptors (Lipinski definition) is 4. The lowest BCUT2D eigenvalue weighted by molar-refractivity contribution is 0.0725. The number of carbonyl (C=O) groups excluding carboxylic acids is 1. The maximum atomic E-state index is 12.9. The van der Waals surface area contributed by atoms with Gasteiger partial charge in [0.15, 0.2) is 11.5 Å². The standard InChI is InChI=1S/C18H15ClN2O2S/c19-13-7-5-12(6-8-13)15-3-1-9-21(15)18(22)14-11-16(23-20-14)17-4-2-10-24-17/h2,4-8,10-11,15H,1,3,9H2. The van der Waals surface area contributed by atoms with Gasteiger partial charge in [-0.15, -0.1) is 11.3 Å². The Kier molecular flexibility index (Phi) is 4.12. The minimum absolute atomic E-state index is 0.0663. The topological polar surface area (TPSA) is 46.3 Å². The lowest BCUT2D eigenvalue weighted by Crippen LogP contribution is -2.30. The van der Waals surface area contributed by atoms with Crippen molar-refractivity contribution in [3.8, 4) is 10.6 Å². The van der Waals surface area contributed by atoms with Gasteiger partial charge in [0.2, 0.25) is 0 Å². The Morgan fingerprint density at radius 1 is 1.29 bits per heavy atom. The molecule has 1 unspecified atom stereocenters. The van der Waals surface area contributed by atoms with Crippen molar-refractivity contribution < 1.29 is 9.32 Å². The van der Waals surface area contributed by atoms with E-state index >= 15 is 0 Å². The average molecular weight is 359 g/mol. The molecule has 1 aliphatic rings. The van der Waals surface area contributed by atoms with Gasteiger partial charge in [-0.05, 0) is 42.0 Å². The molecule has 0 bridgehead atoms. The molecule has 1 amide bonds. The molecule has 0 spiro atoms. The fourth-order valence-corrected chi connectivity index (χ4v) is 3.90. The minimum atomic E-state index is -0.0843. The minimum Gasteiger partial charge on any atom is -0.355 e. The van der Waals surface area contributed by atoms with Crippen molar-refractivity contribution >= 4 is 28.8 Å². The smallest absolute Gasteiger partial charge is 0.276 e. The second-order valence-corrected chi connectivity index (χ2v) is 7.15. The van der Waals surface area contributed by atoms with Crippen LogP contribution in [0.4, 0.5) is 0 Å². The molecule has 0 saturated carbocycles. The van der Waals surface area contributed by atoms with Gasteiger partial charge in [-0.3, -0.25) is 4.79 Å². The molecule has 1 fully saturated rings. The summed E-state index contributed by atoms with van der Waals surface area (Å²) in [5.41, 5.74) is 1.46. The Bertz CT molecular complexity index is 842. The first-order valence-electron chi connectivity index (χ1n) is 7.79. The van der Waals surface area contributed by atoms with Crippen molar-refractivity contribution in [2.45, 2.75) is 18.9 Å². The van der Waals surface area contributed by atoms with Gasteiger partial charge in [-0.2, -0.15) is 0 Å². The van der Waals surface area contributed by atoms with E-state index in [4.69, 9.17) is 16.1 Å². The van der Waals surface area contributed by atoms with Gasteiger partial charge in [0.1, 0.15) is 0 Å². The van der Waals surface area contributed by atoms with Crippen LogP contribution in [0.25, 0.3) is 10.6 Å². The molecule has 1 aromatic carbocycles. The van der Waals surface area contributed by atoms with Crippen molar-refractivity contribution in [3.05, 3.63) is 64.1 Å². The first-order chi connectivity index (χ1) is 11.7. The first kappa shape index (κ1) is 15.4. The fourth-order valence-electron chi connectivity index (χ4n) is 3.10. The van der Waals surface area contributed by atoms with Gasteiger partial charge in [-0.25, -0.2) is 0 Å². The van der Waals surface area contributed by atoms with E-state index in [0.717, 1.165) is 29.8 Å². The van der Waals surface area contributed by atoms with Gasteiger partial charge >= 0.3 is 0 Å². The third-order valence-electron chi connectivity index (χ3n) is 4.26. The number of hydrogen-bond donors (Lipinski definition) is 0. The van der Waals surface area contributed by atoms with E-state index in [2.05, 4.69) is 5.16 Å². The van der Waals surface area contributed by atoms with Crippen molar-refractivity contribution in [2.75, 3.05) is 6.54 Å². The van der Waals surface area contributed by atoms with E-state index in [9.17, 15) is 4.79 Å². The number of amides is 1. The third kappa shape index (κ3) is 2.85. The van der Waals surface area contributed by atoms with Gasteiger partial charge in [0, 0.05) is 17.6 Å². The summed E-state index contributed by atoms with van der Waals surface area (Å²) in [4.78, 5) is 15.7. The van der Waals surface area contributed by atoms with Crippen LogP contribution in [-0.4, -0.2) is 22.5 Å². The molecule has 24 heavy (non-hydrogen) atoms. The summed E-state index contributed by atoms with van der Waals surface area (Å²) in [5, 5.41) is 6.65. The first-order valence-corrected chi connectivity index (χ1v) is 9.05. The summed E-state index contributed by atoms with van der Waals surface area (Å²) < 4.78 is 5.34. The zero-order valence-corrected chi connectivity index (χ0v) is 14.4. The number of thiophene rings is 1. The molecule has 2 aromatic heterocycles. The molecule has 1 atom stereocenters. The summed E-state index contributed by atoms with van der Waals surface area (Å²) >= 11 is 7.52. The molecule has 122 valence electrons. The molecule has 0 radical (unpaired) electrons. The SMILES string of the molecule is O=C(c1cc(-c2cccs2)on1)N1CCCC1c1ccc(Cl)cc1. The van der Waals surface area contributed by atoms with Gasteiger partial charge in [-0.1, -0.05) is 35.0 Å². The van der Waals surface area contributed by atoms with Gasteiger partial charge in [0.25, 0.3) is 5.91 Å². The zero-order chi connectivity index (χ0) is 16.5. The highest BCUT2D eigenvalue weighted by Gasteiger charge is 2.32. The lowest BCUT2D eigenvalue weighted by atomic mass is 10.0. The summed E-state index contributed by atoms with van der Waals surface area (Å²) in [5.74, 6) is 0.551. The van der Waals surface area contributed by atoms with Crippen LogP contribution in [-0.2, 0) is 0 Å². The van der Waals surface area contributed by atoms with Crippen LogP contribution in [0.3, 0.4) is 0 Å². The van der Waals surface area contributed by atoms with Gasteiger partial charge < -0.3 is 9.42 Å². The summed E-state index contributed by atoms with van der Waals surface area (Å²) in [6.45, 7) is 0.729. The number of nitrogens with zero attached hydrogens (tertiary/aromatic N) is 2. The molecular weight excluding hydrogens is 344 g/mol. The van der Waals surface area contributed by atoms with Crippen molar-refractivity contribution in [1.82, 2.24) is 10.1 Å². The highest BCUT2D eigenvalue weighted by atomic mass is 35.5. The maximum absolute atomic E-state index is 12.9. The van der Waals surface area contributed by atoms with Gasteiger partial charge in [0.05, 0.1) is 10.9 Å². The van der Waals surface area contributed by atoms with E-state index < -0.39 is 0 Å². The second-order valence-electron chi connectivity index (χ2n) is 5.76. The number of benzene rings is 1. The Labute approximate surface area is 148 Å². The van der Waals surface area contributed by atoms with Crippen LogP contribution in [0.5, 0.6) is 0 Å². The third-order valence-corrected chi connectivity index (χ3v) is 5.40. The summed E-state index contributed by atoms with van der Waals surface area (Å²) in [7, 11) is 0. The fraction of sp³-hybridized carbons (Fsp3) is 0.222. The lowest BCUT2D eigenvalue weighted by Gasteiger charge is -2.24. The summed E-state index contributed by atoms with van der Waals surface area (Å²) in [6.07, 6.45) is 1.93. The Hall–Kier alpha value is -2.11. The van der Waals surface area contributed by atoms with E-state index in [1.54, 1.807) is 17.4 Å². The molecular formula is C18H15ClN2O2S. The number of carbonyl (C=O) groups is 1. The number of likely N-dealkylation sites (tertiary alicyclic amines) is 1. The van der Waals surface area contributed by atoms with Crippen LogP contribution in [0.2, 0.25) is 5.02 Å². The van der Waals surface area contributed by atoms with Crippen LogP contribution < -0.4 is 0 Å². The molecule has 3 heterocycles. The highest BCUT2D eigenvalue weighted by molar-refractivity contribution is 7.13. The Balaban J connectivity index is 1.58. The monoisotopic (exact) mass is 358 g/mol. The summed E-state index contributed by atoms with van der Waals surface area (Å²) in [6, 6.07) is 13.4. The second kappa shape index (κ2) is 6.42. The molecule has 1 aliphatic heterocycles. The maximum Gasteiger partial charge on any atom is 0.276 e. The number of aromatic nitrogens is 1. The normalized spacial score (nSPS) is 17.4. The predicted molar refractivity (Wildman–Crippen MR) is 94.3 cm³/mol. The number of halogens is 1. The van der Waals surface area contributed by atoms with E-state index in [-0.39, 0.29) is 11.9 Å². The number of rotatable bonds is 3. The molecule has 0 N–H and O–H groups in total. The van der Waals surface area contributed by atoms with Crippen molar-refractivity contribution in [1.29, 1.82) is 0 Å². The van der Waals surface area contributed by atoms with Crippen LogP contribution in [0.15, 0.2) is 52.4 Å². The highest BCUT2D eigenvalue weighted by Crippen LogP contribution is 2.34. The molecule has 4 rings (SSSR count). The van der Waals surface area contributed by atoms with Crippen molar-refractivity contribution in [2.24, 2.45) is 0 Å². The Morgan fingerprint density at radius 2 is 2.12 bits per heavy atom. The zero-order valence-electron chi connectivity index (χ0n) is 12.8. The average Bonchev–Trinajstić information content (AvgIpc) is 3.34. The molecule has 0 aliphatic carbocycles. The van der Waals surface area contributed by atoms with Crippen LogP contribution in [0.1, 0.15) is 34.9 Å². The quantitative estimate of drug-likeness (QED) is 0.659. The largest absolute Gasteiger partial charge is 0.355 e. The van der Waals surface area contributed by atoms with Crippen LogP contribution >= 0.6 is 22.9 Å². The van der Waals surface area contributed by atoms with E-state index in [1.165, 1.54) is 0 Å². The molecule has 3 aromatic rings. The predicted octanol–water partition coefficient (Wildman–Crippen LogP) is 5.03.